The third-order valence-corrected chi connectivity index (χ3v) is 3.63. The van der Waals surface area contributed by atoms with E-state index in [-0.39, 0.29) is 0 Å². The highest BCUT2D eigenvalue weighted by Crippen LogP contribution is 2.40. The molecule has 0 amide bonds. The Labute approximate surface area is 105 Å². The van der Waals surface area contributed by atoms with E-state index in [1.807, 2.05) is 24.3 Å². The predicted octanol–water partition coefficient (Wildman–Crippen LogP) is 2.79. The van der Waals surface area contributed by atoms with E-state index in [4.69, 9.17) is 0 Å². The van der Waals surface area contributed by atoms with Crippen molar-refractivity contribution in [2.45, 2.75) is 24.9 Å². The molecule has 0 aliphatic heterocycles. The summed E-state index contributed by atoms with van der Waals surface area (Å²) in [6.45, 7) is 0. The van der Waals surface area contributed by atoms with Gasteiger partial charge in [-0.2, -0.15) is 0 Å². The quantitative estimate of drug-likeness (QED) is 0.835. The number of aryl methyl sites for hydroxylation is 1. The maximum Gasteiger partial charge on any atom is 0.141 e. The molecule has 0 saturated carbocycles. The standard InChI is InChI=1S/C15H14FNO/c16-13-8-12(9-17-10-13)15(18)7-3-5-11-4-1-2-6-14(11)15/h1-2,4,6,8-10,18H,3,5,7H2. The van der Waals surface area contributed by atoms with Gasteiger partial charge in [-0.05, 0) is 36.5 Å². The molecule has 2 aromatic rings. The van der Waals surface area contributed by atoms with Gasteiger partial charge in [0.05, 0.1) is 6.20 Å². The van der Waals surface area contributed by atoms with Crippen LogP contribution in [-0.2, 0) is 12.0 Å². The molecule has 1 aliphatic rings. The Morgan fingerprint density at radius 3 is 2.89 bits per heavy atom. The highest BCUT2D eigenvalue weighted by atomic mass is 19.1. The minimum Gasteiger partial charge on any atom is -0.380 e. The first kappa shape index (κ1) is 11.4. The van der Waals surface area contributed by atoms with Crippen LogP contribution in [0.3, 0.4) is 0 Å². The monoisotopic (exact) mass is 243 g/mol. The van der Waals surface area contributed by atoms with E-state index in [1.165, 1.54) is 6.07 Å². The second-order valence-corrected chi connectivity index (χ2v) is 4.76. The average Bonchev–Trinajstić information content (AvgIpc) is 2.39. The third-order valence-electron chi connectivity index (χ3n) is 3.63. The van der Waals surface area contributed by atoms with Gasteiger partial charge in [0.2, 0.25) is 0 Å². The Morgan fingerprint density at radius 1 is 1.22 bits per heavy atom. The molecular weight excluding hydrogens is 229 g/mol. The molecule has 0 fully saturated rings. The van der Waals surface area contributed by atoms with Crippen molar-refractivity contribution in [3.63, 3.8) is 0 Å². The van der Waals surface area contributed by atoms with E-state index in [9.17, 15) is 9.50 Å². The minimum absolute atomic E-state index is 0.413. The number of halogens is 1. The molecule has 92 valence electrons. The first-order valence-electron chi connectivity index (χ1n) is 6.12. The fourth-order valence-corrected chi connectivity index (χ4v) is 2.75. The van der Waals surface area contributed by atoms with Crippen LogP contribution in [0.1, 0.15) is 29.5 Å². The maximum atomic E-state index is 13.3. The Bertz CT molecular complexity index is 584. The molecule has 1 atom stereocenters. The largest absolute Gasteiger partial charge is 0.380 e. The first-order chi connectivity index (χ1) is 8.70. The fourth-order valence-electron chi connectivity index (χ4n) is 2.75. The van der Waals surface area contributed by atoms with Crippen molar-refractivity contribution in [1.82, 2.24) is 4.98 Å². The van der Waals surface area contributed by atoms with E-state index in [1.54, 1.807) is 6.20 Å². The lowest BCUT2D eigenvalue weighted by molar-refractivity contribution is 0.0609. The van der Waals surface area contributed by atoms with E-state index in [0.29, 0.717) is 12.0 Å². The molecule has 3 rings (SSSR count). The van der Waals surface area contributed by atoms with E-state index in [2.05, 4.69) is 4.98 Å². The molecule has 1 N–H and O–H groups in total. The van der Waals surface area contributed by atoms with Crippen molar-refractivity contribution in [3.8, 4) is 0 Å². The molecule has 18 heavy (non-hydrogen) atoms. The molecule has 3 heteroatoms. The lowest BCUT2D eigenvalue weighted by Crippen LogP contribution is -2.32. The summed E-state index contributed by atoms with van der Waals surface area (Å²) in [6, 6.07) is 9.18. The number of nitrogens with zero attached hydrogens (tertiary/aromatic N) is 1. The summed E-state index contributed by atoms with van der Waals surface area (Å²) in [5.74, 6) is -0.413. The van der Waals surface area contributed by atoms with Crippen LogP contribution in [0.25, 0.3) is 0 Å². The van der Waals surface area contributed by atoms with Crippen LogP contribution in [0.4, 0.5) is 4.39 Å². The van der Waals surface area contributed by atoms with Crippen molar-refractivity contribution in [3.05, 3.63) is 65.2 Å². The number of aliphatic hydroxyl groups is 1. The topological polar surface area (TPSA) is 33.1 Å². The van der Waals surface area contributed by atoms with Gasteiger partial charge in [-0.25, -0.2) is 4.39 Å². The van der Waals surface area contributed by atoms with Gasteiger partial charge in [0.15, 0.2) is 0 Å². The van der Waals surface area contributed by atoms with Crippen LogP contribution < -0.4 is 0 Å². The van der Waals surface area contributed by atoms with Gasteiger partial charge in [0, 0.05) is 11.8 Å². The lowest BCUT2D eigenvalue weighted by Gasteiger charge is -2.34. The van der Waals surface area contributed by atoms with Gasteiger partial charge in [0.25, 0.3) is 0 Å². The van der Waals surface area contributed by atoms with Gasteiger partial charge in [0.1, 0.15) is 11.4 Å². The normalized spacial score (nSPS) is 22.6. The third kappa shape index (κ3) is 1.71. The van der Waals surface area contributed by atoms with E-state index in [0.717, 1.165) is 30.2 Å². The van der Waals surface area contributed by atoms with Crippen LogP contribution in [0.2, 0.25) is 0 Å². The molecule has 1 unspecified atom stereocenters. The zero-order chi connectivity index (χ0) is 12.6. The van der Waals surface area contributed by atoms with Crippen LogP contribution in [0, 0.1) is 5.82 Å². The number of benzene rings is 1. The highest BCUT2D eigenvalue weighted by Gasteiger charge is 2.36. The van der Waals surface area contributed by atoms with Gasteiger partial charge in [-0.1, -0.05) is 24.3 Å². The SMILES string of the molecule is OC1(c2cncc(F)c2)CCCc2ccccc21. The summed E-state index contributed by atoms with van der Waals surface area (Å²) < 4.78 is 13.3. The molecule has 1 heterocycles. The van der Waals surface area contributed by atoms with Crippen molar-refractivity contribution in [2.24, 2.45) is 0 Å². The molecule has 2 nitrogen and oxygen atoms in total. The van der Waals surface area contributed by atoms with Crippen molar-refractivity contribution in [2.75, 3.05) is 0 Å². The van der Waals surface area contributed by atoms with Gasteiger partial charge in [-0.15, -0.1) is 0 Å². The fraction of sp³-hybridized carbons (Fsp3) is 0.267. The molecule has 1 aromatic carbocycles. The minimum atomic E-state index is -1.11. The lowest BCUT2D eigenvalue weighted by atomic mass is 9.75. The second kappa shape index (κ2) is 4.18. The Balaban J connectivity index is 2.16. The molecule has 0 spiro atoms. The Hall–Kier alpha value is -1.74. The number of rotatable bonds is 1. The average molecular weight is 243 g/mol. The molecule has 0 radical (unpaired) electrons. The van der Waals surface area contributed by atoms with Crippen molar-refractivity contribution in [1.29, 1.82) is 0 Å². The molecule has 1 aromatic heterocycles. The van der Waals surface area contributed by atoms with Gasteiger partial charge < -0.3 is 5.11 Å². The zero-order valence-corrected chi connectivity index (χ0v) is 9.94. The van der Waals surface area contributed by atoms with Crippen LogP contribution >= 0.6 is 0 Å². The molecular formula is C15H14FNO. The molecule has 1 aliphatic carbocycles. The number of pyridine rings is 1. The predicted molar refractivity (Wildman–Crippen MR) is 66.6 cm³/mol. The Morgan fingerprint density at radius 2 is 2.06 bits per heavy atom. The summed E-state index contributed by atoms with van der Waals surface area (Å²) in [4.78, 5) is 3.84. The van der Waals surface area contributed by atoms with Gasteiger partial charge >= 0.3 is 0 Å². The van der Waals surface area contributed by atoms with E-state index < -0.39 is 11.4 Å². The Kier molecular flexibility index (Phi) is 2.63. The number of hydrogen-bond donors (Lipinski definition) is 1. The van der Waals surface area contributed by atoms with Crippen LogP contribution in [0.5, 0.6) is 0 Å². The van der Waals surface area contributed by atoms with E-state index >= 15 is 0 Å². The summed E-state index contributed by atoms with van der Waals surface area (Å²) in [5.41, 5.74) is 1.44. The smallest absolute Gasteiger partial charge is 0.141 e. The summed E-state index contributed by atoms with van der Waals surface area (Å²) in [5, 5.41) is 10.9. The molecule has 0 bridgehead atoms. The van der Waals surface area contributed by atoms with Crippen molar-refractivity contribution >= 4 is 0 Å². The van der Waals surface area contributed by atoms with Gasteiger partial charge in [-0.3, -0.25) is 4.98 Å². The maximum absolute atomic E-state index is 13.3. The summed E-state index contributed by atoms with van der Waals surface area (Å²) >= 11 is 0. The first-order valence-corrected chi connectivity index (χ1v) is 6.12. The van der Waals surface area contributed by atoms with Crippen LogP contribution in [0.15, 0.2) is 42.7 Å². The number of hydrogen-bond acceptors (Lipinski definition) is 2. The number of aromatic nitrogens is 1. The molecule has 0 saturated heterocycles. The summed E-state index contributed by atoms with van der Waals surface area (Å²) in [6.07, 6.45) is 5.16. The zero-order valence-electron chi connectivity index (χ0n) is 9.94. The summed E-state index contributed by atoms with van der Waals surface area (Å²) in [7, 11) is 0. The second-order valence-electron chi connectivity index (χ2n) is 4.76. The van der Waals surface area contributed by atoms with Crippen molar-refractivity contribution < 1.29 is 9.50 Å². The van der Waals surface area contributed by atoms with Crippen LogP contribution in [-0.4, -0.2) is 10.1 Å². The highest BCUT2D eigenvalue weighted by molar-refractivity contribution is 5.42. The number of fused-ring (bicyclic) bond motifs is 1.